The molecule has 2 nitrogen and oxygen atoms in total. The number of thiophene rings is 1. The fraction of sp³-hybridized carbons (Fsp3) is 0.375. The molecule has 0 amide bonds. The summed E-state index contributed by atoms with van der Waals surface area (Å²) < 4.78 is 11.2. The summed E-state index contributed by atoms with van der Waals surface area (Å²) >= 11 is 5.78. The summed E-state index contributed by atoms with van der Waals surface area (Å²) in [7, 11) is 0. The minimum Gasteiger partial charge on any atom is -0.486 e. The Balaban J connectivity index is 1.65. The Morgan fingerprint density at radius 3 is 2.75 bits per heavy atom. The van der Waals surface area contributed by atoms with Gasteiger partial charge in [-0.2, -0.15) is 0 Å². The van der Waals surface area contributed by atoms with Gasteiger partial charge in [-0.25, -0.2) is 0 Å². The van der Waals surface area contributed by atoms with E-state index in [0.717, 1.165) is 11.5 Å². The zero-order chi connectivity index (χ0) is 13.5. The van der Waals surface area contributed by atoms with Gasteiger partial charge in [0.15, 0.2) is 11.5 Å². The topological polar surface area (TPSA) is 18.5 Å². The van der Waals surface area contributed by atoms with Gasteiger partial charge in [0.25, 0.3) is 0 Å². The van der Waals surface area contributed by atoms with E-state index < -0.39 is 0 Å². The van der Waals surface area contributed by atoms with Crippen LogP contribution in [0.15, 0.2) is 24.3 Å². The summed E-state index contributed by atoms with van der Waals surface area (Å²) in [6, 6.07) is 8.60. The molecule has 0 fully saturated rings. The maximum absolute atomic E-state index is 5.67. The van der Waals surface area contributed by atoms with E-state index in [-0.39, 0.29) is 4.83 Å². The Bertz CT molecular complexity index is 628. The number of alkyl halides is 1. The molecule has 2 heterocycles. The molecule has 0 radical (unpaired) electrons. The first-order valence-corrected chi connectivity index (χ1v) is 8.69. The largest absolute Gasteiger partial charge is 0.486 e. The molecule has 0 saturated heterocycles. The molecule has 1 atom stereocenters. The molecule has 1 unspecified atom stereocenters. The summed E-state index contributed by atoms with van der Waals surface area (Å²) in [4.78, 5) is 3.21. The Kier molecular flexibility index (Phi) is 3.23. The molecule has 4 rings (SSSR count). The van der Waals surface area contributed by atoms with E-state index in [1.54, 1.807) is 10.4 Å². The number of aryl methyl sites for hydroxylation is 2. The number of ether oxygens (including phenoxy) is 2. The van der Waals surface area contributed by atoms with E-state index in [0.29, 0.717) is 13.2 Å². The minimum absolute atomic E-state index is 0.244. The highest BCUT2D eigenvalue weighted by molar-refractivity contribution is 9.09. The van der Waals surface area contributed by atoms with Crippen molar-refractivity contribution in [3.63, 3.8) is 0 Å². The first-order chi connectivity index (χ1) is 9.81. The van der Waals surface area contributed by atoms with Gasteiger partial charge in [0, 0.05) is 9.75 Å². The highest BCUT2D eigenvalue weighted by Crippen LogP contribution is 2.42. The van der Waals surface area contributed by atoms with Gasteiger partial charge in [-0.05, 0) is 48.6 Å². The van der Waals surface area contributed by atoms with Crippen molar-refractivity contribution in [3.8, 4) is 11.5 Å². The quantitative estimate of drug-likeness (QED) is 0.742. The van der Waals surface area contributed by atoms with Gasteiger partial charge in [-0.15, -0.1) is 11.3 Å². The molecule has 1 aromatic carbocycles. The Labute approximate surface area is 130 Å². The maximum Gasteiger partial charge on any atom is 0.161 e. The molecule has 1 aliphatic carbocycles. The van der Waals surface area contributed by atoms with Gasteiger partial charge in [-0.3, -0.25) is 0 Å². The molecule has 0 N–H and O–H groups in total. The monoisotopic (exact) mass is 350 g/mol. The van der Waals surface area contributed by atoms with E-state index in [4.69, 9.17) is 9.47 Å². The Morgan fingerprint density at radius 2 is 1.90 bits per heavy atom. The smallest absolute Gasteiger partial charge is 0.161 e. The average molecular weight is 351 g/mol. The molecule has 0 saturated carbocycles. The van der Waals surface area contributed by atoms with Crippen LogP contribution in [0.3, 0.4) is 0 Å². The third-order valence-electron chi connectivity index (χ3n) is 3.87. The lowest BCUT2D eigenvalue weighted by molar-refractivity contribution is 0.171. The highest BCUT2D eigenvalue weighted by Gasteiger charge is 2.21. The van der Waals surface area contributed by atoms with Crippen molar-refractivity contribution < 1.29 is 9.47 Å². The van der Waals surface area contributed by atoms with Crippen molar-refractivity contribution in [2.24, 2.45) is 0 Å². The molecule has 2 aliphatic rings. The zero-order valence-corrected chi connectivity index (χ0v) is 13.4. The van der Waals surface area contributed by atoms with Crippen LogP contribution in [-0.2, 0) is 12.8 Å². The fourth-order valence-electron chi connectivity index (χ4n) is 2.86. The van der Waals surface area contributed by atoms with E-state index in [1.165, 1.54) is 29.7 Å². The summed E-state index contributed by atoms with van der Waals surface area (Å²) in [5, 5.41) is 0. The predicted octanol–water partition coefficient (Wildman–Crippen LogP) is 4.49. The number of hydrogen-bond acceptors (Lipinski definition) is 3. The normalized spacial score (nSPS) is 17.9. The summed E-state index contributed by atoms with van der Waals surface area (Å²) in [6.45, 7) is 1.28. The minimum atomic E-state index is 0.244. The van der Waals surface area contributed by atoms with Gasteiger partial charge < -0.3 is 9.47 Å². The summed E-state index contributed by atoms with van der Waals surface area (Å²) in [5.41, 5.74) is 2.78. The fourth-order valence-corrected chi connectivity index (χ4v) is 4.82. The average Bonchev–Trinajstić information content (AvgIpc) is 3.07. The van der Waals surface area contributed by atoms with E-state index >= 15 is 0 Å². The second-order valence-corrected chi connectivity index (χ2v) is 7.30. The Morgan fingerprint density at radius 1 is 1.05 bits per heavy atom. The first kappa shape index (κ1) is 12.7. The van der Waals surface area contributed by atoms with Crippen LogP contribution in [-0.4, -0.2) is 13.2 Å². The lowest BCUT2D eigenvalue weighted by Crippen LogP contribution is -2.15. The molecule has 4 heteroatoms. The summed E-state index contributed by atoms with van der Waals surface area (Å²) in [5.74, 6) is 1.72. The number of fused-ring (bicyclic) bond motifs is 2. The molecule has 0 spiro atoms. The van der Waals surface area contributed by atoms with Crippen LogP contribution in [0.5, 0.6) is 11.5 Å². The van der Waals surface area contributed by atoms with Crippen molar-refractivity contribution in [1.82, 2.24) is 0 Å². The molecule has 1 aromatic heterocycles. The van der Waals surface area contributed by atoms with Gasteiger partial charge in [0.2, 0.25) is 0 Å². The molecule has 0 bridgehead atoms. The standard InChI is InChI=1S/C16H15BrO2S/c17-16(15-9-10-2-1-3-14(10)20-15)11-4-5-12-13(8-11)19-7-6-18-12/h4-5,8-9,16H,1-3,6-7H2. The molecule has 20 heavy (non-hydrogen) atoms. The molecular weight excluding hydrogens is 336 g/mol. The van der Waals surface area contributed by atoms with Gasteiger partial charge in [0.05, 0.1) is 4.83 Å². The molecule has 104 valence electrons. The number of benzene rings is 1. The third-order valence-corrected chi connectivity index (χ3v) is 6.50. The van der Waals surface area contributed by atoms with Crippen LogP contribution in [0.2, 0.25) is 0 Å². The van der Waals surface area contributed by atoms with Crippen LogP contribution in [0, 0.1) is 0 Å². The van der Waals surface area contributed by atoms with E-state index in [9.17, 15) is 0 Å². The lowest BCUT2D eigenvalue weighted by atomic mass is 10.1. The van der Waals surface area contributed by atoms with Crippen molar-refractivity contribution >= 4 is 27.3 Å². The number of halogens is 1. The van der Waals surface area contributed by atoms with Crippen molar-refractivity contribution in [3.05, 3.63) is 45.1 Å². The van der Waals surface area contributed by atoms with Crippen LogP contribution >= 0.6 is 27.3 Å². The van der Waals surface area contributed by atoms with E-state index in [2.05, 4.69) is 34.1 Å². The maximum atomic E-state index is 5.67. The highest BCUT2D eigenvalue weighted by atomic mass is 79.9. The molecule has 2 aromatic rings. The predicted molar refractivity (Wildman–Crippen MR) is 84.5 cm³/mol. The van der Waals surface area contributed by atoms with Crippen LogP contribution < -0.4 is 9.47 Å². The first-order valence-electron chi connectivity index (χ1n) is 6.96. The second kappa shape index (κ2) is 5.08. The van der Waals surface area contributed by atoms with Crippen molar-refractivity contribution in [1.29, 1.82) is 0 Å². The van der Waals surface area contributed by atoms with Crippen LogP contribution in [0.4, 0.5) is 0 Å². The Hall–Kier alpha value is -1.000. The van der Waals surface area contributed by atoms with Gasteiger partial charge in [0.1, 0.15) is 13.2 Å². The lowest BCUT2D eigenvalue weighted by Gasteiger charge is -2.20. The molecule has 1 aliphatic heterocycles. The van der Waals surface area contributed by atoms with E-state index in [1.807, 2.05) is 17.4 Å². The van der Waals surface area contributed by atoms with Gasteiger partial charge in [-0.1, -0.05) is 22.0 Å². The zero-order valence-electron chi connectivity index (χ0n) is 11.0. The number of rotatable bonds is 2. The SMILES string of the molecule is BrC(c1ccc2c(c1)OCCO2)c1cc2c(s1)CCC2. The number of hydrogen-bond donors (Lipinski definition) is 0. The molecular formula is C16H15BrO2S. The van der Waals surface area contributed by atoms with Crippen LogP contribution in [0.25, 0.3) is 0 Å². The summed E-state index contributed by atoms with van der Waals surface area (Å²) in [6.07, 6.45) is 3.81. The van der Waals surface area contributed by atoms with Crippen molar-refractivity contribution in [2.75, 3.05) is 13.2 Å². The third kappa shape index (κ3) is 2.15. The second-order valence-electron chi connectivity index (χ2n) is 5.22. The van der Waals surface area contributed by atoms with Crippen molar-refractivity contribution in [2.45, 2.75) is 24.1 Å². The van der Waals surface area contributed by atoms with Crippen LogP contribution in [0.1, 0.15) is 32.1 Å². The van der Waals surface area contributed by atoms with Gasteiger partial charge >= 0.3 is 0 Å².